The van der Waals surface area contributed by atoms with Gasteiger partial charge < -0.3 is 20.3 Å². The smallest absolute Gasteiger partial charge is 0.191 e. The summed E-state index contributed by atoms with van der Waals surface area (Å²) >= 11 is 0. The Morgan fingerprint density at radius 2 is 1.96 bits per heavy atom. The molecule has 1 atom stereocenters. The molecule has 1 heterocycles. The lowest BCUT2D eigenvalue weighted by atomic mass is 10.1. The molecule has 0 bridgehead atoms. The van der Waals surface area contributed by atoms with E-state index in [9.17, 15) is 0 Å². The second kappa shape index (κ2) is 10.1. The first-order valence-corrected chi connectivity index (χ1v) is 10.6. The zero-order chi connectivity index (χ0) is 19.9. The minimum absolute atomic E-state index is 0.490. The first-order chi connectivity index (χ1) is 13.5. The lowest BCUT2D eigenvalue weighted by Gasteiger charge is -2.36. The van der Waals surface area contributed by atoms with Gasteiger partial charge in [-0.25, -0.2) is 0 Å². The van der Waals surface area contributed by atoms with Crippen LogP contribution in [0, 0.1) is 12.8 Å². The fraction of sp³-hybridized carbons (Fsp3) is 0.682. The van der Waals surface area contributed by atoms with E-state index in [0.29, 0.717) is 12.6 Å². The molecular weight excluding hydrogens is 350 g/mol. The van der Waals surface area contributed by atoms with Gasteiger partial charge in [-0.15, -0.1) is 0 Å². The van der Waals surface area contributed by atoms with E-state index in [4.69, 9.17) is 4.74 Å². The van der Waals surface area contributed by atoms with Crippen LogP contribution in [0.1, 0.15) is 30.9 Å². The van der Waals surface area contributed by atoms with Crippen LogP contribution in [0.5, 0.6) is 5.75 Å². The number of rotatable bonds is 8. The fourth-order valence-electron chi connectivity index (χ4n) is 3.47. The molecule has 0 spiro atoms. The van der Waals surface area contributed by atoms with Gasteiger partial charge in [0.15, 0.2) is 5.96 Å². The predicted octanol–water partition coefficient (Wildman–Crippen LogP) is 2.08. The van der Waals surface area contributed by atoms with Gasteiger partial charge in [0.25, 0.3) is 0 Å². The SMILES string of the molecule is CN=C(NCc1ccc(C)cc1OCC1CC1)NCC(C)N1CCN(C)CC1. The molecule has 1 aliphatic carbocycles. The van der Waals surface area contributed by atoms with Crippen LogP contribution in [0.3, 0.4) is 0 Å². The Kier molecular flexibility index (Phi) is 7.57. The Labute approximate surface area is 170 Å². The van der Waals surface area contributed by atoms with Crippen molar-refractivity contribution in [2.45, 2.75) is 39.3 Å². The normalized spacial score (nSPS) is 20.1. The van der Waals surface area contributed by atoms with Gasteiger partial charge in [-0.2, -0.15) is 0 Å². The van der Waals surface area contributed by atoms with Crippen LogP contribution in [0.25, 0.3) is 0 Å². The molecule has 1 saturated carbocycles. The van der Waals surface area contributed by atoms with Gasteiger partial charge in [0.05, 0.1) is 6.61 Å². The highest BCUT2D eigenvalue weighted by molar-refractivity contribution is 5.79. The van der Waals surface area contributed by atoms with E-state index in [1.54, 1.807) is 0 Å². The molecule has 6 heteroatoms. The Bertz CT molecular complexity index is 650. The van der Waals surface area contributed by atoms with Crippen LogP contribution in [-0.4, -0.2) is 75.2 Å². The van der Waals surface area contributed by atoms with Gasteiger partial charge in [-0.1, -0.05) is 12.1 Å². The highest BCUT2D eigenvalue weighted by atomic mass is 16.5. The topological polar surface area (TPSA) is 52.1 Å². The number of aliphatic imine (C=N–C) groups is 1. The number of aryl methyl sites for hydroxylation is 1. The van der Waals surface area contributed by atoms with Crippen LogP contribution in [0.2, 0.25) is 0 Å². The zero-order valence-electron chi connectivity index (χ0n) is 18.0. The van der Waals surface area contributed by atoms with Crippen molar-refractivity contribution in [3.05, 3.63) is 29.3 Å². The number of benzene rings is 1. The van der Waals surface area contributed by atoms with Gasteiger partial charge in [0.1, 0.15) is 5.75 Å². The third-order valence-electron chi connectivity index (χ3n) is 5.79. The number of hydrogen-bond donors (Lipinski definition) is 2. The average molecular weight is 388 g/mol. The monoisotopic (exact) mass is 387 g/mol. The summed E-state index contributed by atoms with van der Waals surface area (Å²) in [6, 6.07) is 6.94. The maximum absolute atomic E-state index is 6.08. The van der Waals surface area contributed by atoms with Crippen molar-refractivity contribution >= 4 is 5.96 Å². The third-order valence-corrected chi connectivity index (χ3v) is 5.79. The molecule has 28 heavy (non-hydrogen) atoms. The quantitative estimate of drug-likeness (QED) is 0.528. The first kappa shape index (κ1) is 20.9. The number of ether oxygens (including phenoxy) is 1. The summed E-state index contributed by atoms with van der Waals surface area (Å²) in [6.07, 6.45) is 2.61. The van der Waals surface area contributed by atoms with Crippen molar-refractivity contribution in [3.63, 3.8) is 0 Å². The van der Waals surface area contributed by atoms with Gasteiger partial charge in [0.2, 0.25) is 0 Å². The number of piperazine rings is 1. The molecule has 1 saturated heterocycles. The standard InChI is InChI=1S/C22H37N5O/c1-17-5-8-20(21(13-17)28-16-19-6-7-19)15-25-22(23-3)24-14-18(2)27-11-9-26(4)10-12-27/h5,8,13,18-19H,6-7,9-12,14-16H2,1-4H3,(H2,23,24,25). The summed E-state index contributed by atoms with van der Waals surface area (Å²) in [5, 5.41) is 6.93. The van der Waals surface area contributed by atoms with Crippen molar-refractivity contribution in [3.8, 4) is 5.75 Å². The average Bonchev–Trinajstić information content (AvgIpc) is 3.52. The van der Waals surface area contributed by atoms with E-state index in [-0.39, 0.29) is 0 Å². The van der Waals surface area contributed by atoms with Crippen LogP contribution >= 0.6 is 0 Å². The number of nitrogens with one attached hydrogen (secondary N) is 2. The zero-order valence-corrected chi connectivity index (χ0v) is 18.0. The molecule has 2 N–H and O–H groups in total. The number of hydrogen-bond acceptors (Lipinski definition) is 4. The van der Waals surface area contributed by atoms with Crippen molar-refractivity contribution in [2.75, 3.05) is 53.4 Å². The minimum atomic E-state index is 0.490. The predicted molar refractivity (Wildman–Crippen MR) is 116 cm³/mol. The van der Waals surface area contributed by atoms with E-state index in [2.05, 4.69) is 64.5 Å². The van der Waals surface area contributed by atoms with Crippen molar-refractivity contribution in [1.82, 2.24) is 20.4 Å². The molecule has 2 fully saturated rings. The molecule has 3 rings (SSSR count). The maximum atomic E-state index is 6.08. The van der Waals surface area contributed by atoms with Crippen molar-refractivity contribution in [1.29, 1.82) is 0 Å². The minimum Gasteiger partial charge on any atom is -0.493 e. The molecule has 2 aliphatic rings. The lowest BCUT2D eigenvalue weighted by molar-refractivity contribution is 0.120. The van der Waals surface area contributed by atoms with E-state index >= 15 is 0 Å². The highest BCUT2D eigenvalue weighted by Gasteiger charge is 2.22. The Morgan fingerprint density at radius 3 is 2.64 bits per heavy atom. The molecule has 0 aromatic heterocycles. The molecule has 6 nitrogen and oxygen atoms in total. The summed E-state index contributed by atoms with van der Waals surface area (Å²) in [7, 11) is 4.02. The second-order valence-corrected chi connectivity index (χ2v) is 8.36. The summed E-state index contributed by atoms with van der Waals surface area (Å²) in [4.78, 5) is 9.33. The van der Waals surface area contributed by atoms with E-state index in [1.165, 1.54) is 24.0 Å². The third kappa shape index (κ3) is 6.38. The van der Waals surface area contributed by atoms with Gasteiger partial charge in [-0.3, -0.25) is 9.89 Å². The molecule has 1 aliphatic heterocycles. The van der Waals surface area contributed by atoms with Gasteiger partial charge in [0, 0.05) is 57.9 Å². The van der Waals surface area contributed by atoms with Crippen LogP contribution < -0.4 is 15.4 Å². The summed E-state index contributed by atoms with van der Waals surface area (Å²) in [5.41, 5.74) is 2.42. The van der Waals surface area contributed by atoms with Crippen molar-refractivity contribution < 1.29 is 4.74 Å². The molecule has 156 valence electrons. The van der Waals surface area contributed by atoms with Crippen LogP contribution in [-0.2, 0) is 6.54 Å². The highest BCUT2D eigenvalue weighted by Crippen LogP contribution is 2.30. The van der Waals surface area contributed by atoms with E-state index in [1.807, 2.05) is 7.05 Å². The molecular formula is C22H37N5O. The van der Waals surface area contributed by atoms with Gasteiger partial charge >= 0.3 is 0 Å². The van der Waals surface area contributed by atoms with E-state index < -0.39 is 0 Å². The molecule has 1 aromatic carbocycles. The number of likely N-dealkylation sites (N-methyl/N-ethyl adjacent to an activating group) is 1. The summed E-state index contributed by atoms with van der Waals surface area (Å²) in [5.74, 6) is 2.60. The molecule has 1 aromatic rings. The summed E-state index contributed by atoms with van der Waals surface area (Å²) in [6.45, 7) is 11.4. The summed E-state index contributed by atoms with van der Waals surface area (Å²) < 4.78 is 6.08. The fourth-order valence-corrected chi connectivity index (χ4v) is 3.47. The first-order valence-electron chi connectivity index (χ1n) is 10.6. The number of nitrogens with zero attached hydrogens (tertiary/aromatic N) is 3. The molecule has 0 radical (unpaired) electrons. The lowest BCUT2D eigenvalue weighted by Crippen LogP contribution is -2.52. The van der Waals surface area contributed by atoms with Gasteiger partial charge in [-0.05, 0) is 51.3 Å². The van der Waals surface area contributed by atoms with Crippen LogP contribution in [0.4, 0.5) is 0 Å². The Balaban J connectivity index is 1.47. The van der Waals surface area contributed by atoms with Crippen LogP contribution in [0.15, 0.2) is 23.2 Å². The maximum Gasteiger partial charge on any atom is 0.191 e. The Hall–Kier alpha value is -1.79. The second-order valence-electron chi connectivity index (χ2n) is 8.36. The van der Waals surface area contributed by atoms with E-state index in [0.717, 1.165) is 57.0 Å². The number of guanidine groups is 1. The largest absolute Gasteiger partial charge is 0.493 e. The molecule has 0 amide bonds. The Morgan fingerprint density at radius 1 is 1.21 bits per heavy atom. The van der Waals surface area contributed by atoms with Crippen molar-refractivity contribution in [2.24, 2.45) is 10.9 Å². The molecule has 1 unspecified atom stereocenters.